The van der Waals surface area contributed by atoms with Crippen molar-refractivity contribution >= 4 is 5.69 Å². The molecule has 0 aliphatic carbocycles. The van der Waals surface area contributed by atoms with Gasteiger partial charge in [-0.3, -0.25) is 4.98 Å². The molecule has 1 aromatic carbocycles. The molecule has 2 aromatic rings. The fourth-order valence-electron chi connectivity index (χ4n) is 1.65. The summed E-state index contributed by atoms with van der Waals surface area (Å²) in [7, 11) is 0. The molecule has 1 heterocycles. The van der Waals surface area contributed by atoms with Crippen LogP contribution in [0.4, 0.5) is 10.1 Å². The molecule has 0 atom stereocenters. The van der Waals surface area contributed by atoms with Crippen molar-refractivity contribution in [3.63, 3.8) is 0 Å². The molecule has 0 bridgehead atoms. The maximum Gasteiger partial charge on any atom is 0.146 e. The predicted octanol–water partition coefficient (Wildman–Crippen LogP) is 3.18. The lowest BCUT2D eigenvalue weighted by molar-refractivity contribution is 0.629. The molecule has 0 saturated carbocycles. The number of hydrogen-bond donors (Lipinski definition) is 1. The highest BCUT2D eigenvalue weighted by atomic mass is 19.1. The summed E-state index contributed by atoms with van der Waals surface area (Å²) in [5.74, 6) is -0.195. The molecule has 2 nitrogen and oxygen atoms in total. The fourth-order valence-corrected chi connectivity index (χ4v) is 1.65. The molecule has 0 spiro atoms. The Kier molecular flexibility index (Phi) is 3.70. The van der Waals surface area contributed by atoms with Crippen LogP contribution in [0.3, 0.4) is 0 Å². The number of pyridine rings is 1. The van der Waals surface area contributed by atoms with Gasteiger partial charge < -0.3 is 5.32 Å². The van der Waals surface area contributed by atoms with Crippen LogP contribution >= 0.6 is 0 Å². The summed E-state index contributed by atoms with van der Waals surface area (Å²) in [5, 5.41) is 3.09. The zero-order valence-electron chi connectivity index (χ0n) is 9.78. The Morgan fingerprint density at radius 3 is 2.65 bits per heavy atom. The standard InChI is InChI=1S/C14H15FN2/c1-11-2-3-14(13(15)10-11)17-9-6-12-4-7-16-8-5-12/h2-5,7-8,10,17H,6,9H2,1H3. The van der Waals surface area contributed by atoms with Gasteiger partial charge in [-0.05, 0) is 48.7 Å². The summed E-state index contributed by atoms with van der Waals surface area (Å²) in [5.41, 5.74) is 2.69. The molecular formula is C14H15FN2. The molecule has 0 aliphatic rings. The highest BCUT2D eigenvalue weighted by Crippen LogP contribution is 2.15. The molecule has 17 heavy (non-hydrogen) atoms. The van der Waals surface area contributed by atoms with Crippen LogP contribution in [0.25, 0.3) is 0 Å². The summed E-state index contributed by atoms with van der Waals surface area (Å²) < 4.78 is 13.5. The van der Waals surface area contributed by atoms with Crippen molar-refractivity contribution in [1.29, 1.82) is 0 Å². The molecule has 0 saturated heterocycles. The minimum Gasteiger partial charge on any atom is -0.382 e. The van der Waals surface area contributed by atoms with E-state index >= 15 is 0 Å². The summed E-state index contributed by atoms with van der Waals surface area (Å²) in [6.45, 7) is 2.59. The second-order valence-electron chi connectivity index (χ2n) is 4.02. The van der Waals surface area contributed by atoms with Crippen molar-refractivity contribution in [2.24, 2.45) is 0 Å². The van der Waals surface area contributed by atoms with Crippen molar-refractivity contribution in [3.8, 4) is 0 Å². The smallest absolute Gasteiger partial charge is 0.146 e. The molecule has 0 aliphatic heterocycles. The minimum atomic E-state index is -0.195. The first-order valence-electron chi connectivity index (χ1n) is 5.64. The Morgan fingerprint density at radius 1 is 1.18 bits per heavy atom. The molecule has 1 aromatic heterocycles. The average Bonchev–Trinajstić information content (AvgIpc) is 2.33. The normalized spacial score (nSPS) is 10.2. The molecule has 3 heteroatoms. The van der Waals surface area contributed by atoms with Gasteiger partial charge in [0.15, 0.2) is 0 Å². The minimum absolute atomic E-state index is 0.195. The van der Waals surface area contributed by atoms with E-state index < -0.39 is 0 Å². The summed E-state index contributed by atoms with van der Waals surface area (Å²) in [6.07, 6.45) is 4.39. The average molecular weight is 230 g/mol. The van der Waals surface area contributed by atoms with E-state index in [9.17, 15) is 4.39 Å². The quantitative estimate of drug-likeness (QED) is 0.872. The third-order valence-electron chi connectivity index (χ3n) is 2.60. The van der Waals surface area contributed by atoms with Crippen molar-refractivity contribution in [2.45, 2.75) is 13.3 Å². The number of aryl methyl sites for hydroxylation is 1. The molecule has 2 rings (SSSR count). The number of aromatic nitrogens is 1. The Labute approximate surface area is 101 Å². The van der Waals surface area contributed by atoms with E-state index in [0.29, 0.717) is 12.2 Å². The number of halogens is 1. The van der Waals surface area contributed by atoms with Gasteiger partial charge in [0.2, 0.25) is 0 Å². The van der Waals surface area contributed by atoms with Crippen LogP contribution < -0.4 is 5.32 Å². The topological polar surface area (TPSA) is 24.9 Å². The van der Waals surface area contributed by atoms with E-state index in [0.717, 1.165) is 12.0 Å². The zero-order valence-corrected chi connectivity index (χ0v) is 9.78. The van der Waals surface area contributed by atoms with Crippen LogP contribution in [0.1, 0.15) is 11.1 Å². The van der Waals surface area contributed by atoms with Gasteiger partial charge >= 0.3 is 0 Å². The Hall–Kier alpha value is -1.90. The monoisotopic (exact) mass is 230 g/mol. The lowest BCUT2D eigenvalue weighted by Gasteiger charge is -2.08. The first-order valence-corrected chi connectivity index (χ1v) is 5.64. The third kappa shape index (κ3) is 3.28. The first kappa shape index (κ1) is 11.6. The molecule has 0 fully saturated rings. The van der Waals surface area contributed by atoms with Crippen LogP contribution in [-0.2, 0) is 6.42 Å². The van der Waals surface area contributed by atoms with Crippen molar-refractivity contribution in [2.75, 3.05) is 11.9 Å². The zero-order chi connectivity index (χ0) is 12.1. The largest absolute Gasteiger partial charge is 0.382 e. The Bertz CT molecular complexity index is 483. The highest BCUT2D eigenvalue weighted by molar-refractivity contribution is 5.46. The molecular weight excluding hydrogens is 215 g/mol. The van der Waals surface area contributed by atoms with E-state index in [2.05, 4.69) is 10.3 Å². The number of benzene rings is 1. The van der Waals surface area contributed by atoms with Crippen LogP contribution in [0, 0.1) is 12.7 Å². The molecule has 0 amide bonds. The molecule has 0 radical (unpaired) electrons. The van der Waals surface area contributed by atoms with Gasteiger partial charge in [0.25, 0.3) is 0 Å². The van der Waals surface area contributed by atoms with E-state index in [1.54, 1.807) is 18.5 Å². The van der Waals surface area contributed by atoms with Crippen LogP contribution in [0.2, 0.25) is 0 Å². The number of rotatable bonds is 4. The number of hydrogen-bond acceptors (Lipinski definition) is 2. The lowest BCUT2D eigenvalue weighted by Crippen LogP contribution is -2.06. The van der Waals surface area contributed by atoms with Crippen LogP contribution in [-0.4, -0.2) is 11.5 Å². The van der Waals surface area contributed by atoms with Gasteiger partial charge in [0.1, 0.15) is 5.82 Å². The SMILES string of the molecule is Cc1ccc(NCCc2ccncc2)c(F)c1. The number of anilines is 1. The third-order valence-corrected chi connectivity index (χ3v) is 2.60. The molecule has 0 unspecified atom stereocenters. The Balaban J connectivity index is 1.90. The van der Waals surface area contributed by atoms with Gasteiger partial charge in [-0.15, -0.1) is 0 Å². The Morgan fingerprint density at radius 2 is 1.94 bits per heavy atom. The molecule has 1 N–H and O–H groups in total. The number of nitrogens with zero attached hydrogens (tertiary/aromatic N) is 1. The summed E-state index contributed by atoms with van der Waals surface area (Å²) in [6, 6.07) is 9.14. The van der Waals surface area contributed by atoms with Gasteiger partial charge in [-0.25, -0.2) is 4.39 Å². The van der Waals surface area contributed by atoms with Gasteiger partial charge in [-0.1, -0.05) is 6.07 Å². The van der Waals surface area contributed by atoms with E-state index in [1.165, 1.54) is 11.6 Å². The first-order chi connectivity index (χ1) is 8.25. The summed E-state index contributed by atoms with van der Waals surface area (Å²) in [4.78, 5) is 3.96. The van der Waals surface area contributed by atoms with Crippen LogP contribution in [0.5, 0.6) is 0 Å². The maximum atomic E-state index is 13.5. The van der Waals surface area contributed by atoms with Crippen molar-refractivity contribution in [3.05, 3.63) is 59.7 Å². The predicted molar refractivity (Wildman–Crippen MR) is 67.6 cm³/mol. The second kappa shape index (κ2) is 5.43. The highest BCUT2D eigenvalue weighted by Gasteiger charge is 2.00. The van der Waals surface area contributed by atoms with Crippen LogP contribution in [0.15, 0.2) is 42.7 Å². The summed E-state index contributed by atoms with van der Waals surface area (Å²) >= 11 is 0. The van der Waals surface area contributed by atoms with Gasteiger partial charge in [0, 0.05) is 18.9 Å². The lowest BCUT2D eigenvalue weighted by atomic mass is 10.2. The van der Waals surface area contributed by atoms with E-state index in [1.807, 2.05) is 25.1 Å². The van der Waals surface area contributed by atoms with Gasteiger partial charge in [0.05, 0.1) is 5.69 Å². The van der Waals surface area contributed by atoms with Crippen molar-refractivity contribution in [1.82, 2.24) is 4.98 Å². The maximum absolute atomic E-state index is 13.5. The number of nitrogens with one attached hydrogen (secondary N) is 1. The molecule has 88 valence electrons. The van der Waals surface area contributed by atoms with Crippen molar-refractivity contribution < 1.29 is 4.39 Å². The van der Waals surface area contributed by atoms with Gasteiger partial charge in [-0.2, -0.15) is 0 Å². The van der Waals surface area contributed by atoms with E-state index in [-0.39, 0.29) is 5.82 Å². The second-order valence-corrected chi connectivity index (χ2v) is 4.02. The van der Waals surface area contributed by atoms with E-state index in [4.69, 9.17) is 0 Å². The fraction of sp³-hybridized carbons (Fsp3) is 0.214.